The molecule has 5 nitrogen and oxygen atoms in total. The summed E-state index contributed by atoms with van der Waals surface area (Å²) in [6, 6.07) is 15.6. The molecule has 0 saturated carbocycles. The normalized spacial score (nSPS) is 16.2. The molecule has 2 heterocycles. The summed E-state index contributed by atoms with van der Waals surface area (Å²) < 4.78 is 3.44. The lowest BCUT2D eigenvalue weighted by Crippen LogP contribution is -3.00. The third-order valence-corrected chi connectivity index (χ3v) is 5.86. The Hall–Kier alpha value is -2.26. The van der Waals surface area contributed by atoms with Gasteiger partial charge in [-0.15, -0.1) is 0 Å². The van der Waals surface area contributed by atoms with Gasteiger partial charge >= 0.3 is 0 Å². The van der Waals surface area contributed by atoms with Gasteiger partial charge in [0.2, 0.25) is 17.3 Å². The molecule has 1 aromatic heterocycles. The van der Waals surface area contributed by atoms with Gasteiger partial charge in [-0.25, -0.2) is 0 Å². The summed E-state index contributed by atoms with van der Waals surface area (Å²) in [6.45, 7) is 0. The molecule has 0 radical (unpaired) electrons. The predicted octanol–water partition coefficient (Wildman–Crippen LogP) is 0.117. The highest BCUT2D eigenvalue weighted by Crippen LogP contribution is 2.21. The second kappa shape index (κ2) is 8.83. The van der Waals surface area contributed by atoms with Crippen LogP contribution in [0.3, 0.4) is 0 Å². The zero-order valence-electron chi connectivity index (χ0n) is 15.3. The van der Waals surface area contributed by atoms with Crippen LogP contribution in [0.15, 0.2) is 48.5 Å². The van der Waals surface area contributed by atoms with E-state index in [-0.39, 0.29) is 35.8 Å². The fraction of sp³-hybridized carbons (Fsp3) is 0.190. The van der Waals surface area contributed by atoms with E-state index in [4.69, 9.17) is 0 Å². The number of nitrogens with one attached hydrogen (secondary N) is 2. The molecular formula is C21H20IN3O2S. The van der Waals surface area contributed by atoms with Gasteiger partial charge in [-0.3, -0.25) is 9.59 Å². The monoisotopic (exact) mass is 505 g/mol. The van der Waals surface area contributed by atoms with Crippen LogP contribution in [0.1, 0.15) is 23.4 Å². The first-order valence-electron chi connectivity index (χ1n) is 8.86. The number of rotatable bonds is 4. The number of hydrogen-bond donors (Lipinski definition) is 2. The quantitative estimate of drug-likeness (QED) is 0.391. The number of amides is 2. The van der Waals surface area contributed by atoms with E-state index >= 15 is 0 Å². The Balaban J connectivity index is 0.00000225. The molecule has 0 unspecified atom stereocenters. The number of thiazole rings is 1. The number of fused-ring (bicyclic) bond motifs is 1. The minimum atomic E-state index is -0.426. The summed E-state index contributed by atoms with van der Waals surface area (Å²) >= 11 is 1.75. The number of para-hydroxylation sites is 1. The molecule has 28 heavy (non-hydrogen) atoms. The van der Waals surface area contributed by atoms with Gasteiger partial charge in [-0.05, 0) is 36.3 Å². The van der Waals surface area contributed by atoms with Crippen LogP contribution >= 0.6 is 11.3 Å². The minimum Gasteiger partial charge on any atom is -1.00 e. The summed E-state index contributed by atoms with van der Waals surface area (Å²) in [4.78, 5) is 23.4. The van der Waals surface area contributed by atoms with Crippen molar-refractivity contribution in [1.82, 2.24) is 5.32 Å². The van der Waals surface area contributed by atoms with Crippen molar-refractivity contribution < 1.29 is 38.1 Å². The van der Waals surface area contributed by atoms with Crippen molar-refractivity contribution in [3.05, 3.63) is 59.1 Å². The van der Waals surface area contributed by atoms with Crippen molar-refractivity contribution in [1.29, 1.82) is 0 Å². The van der Waals surface area contributed by atoms with Crippen LogP contribution < -0.4 is 39.2 Å². The molecule has 4 rings (SSSR count). The van der Waals surface area contributed by atoms with Crippen LogP contribution in [-0.4, -0.2) is 17.9 Å². The van der Waals surface area contributed by atoms with Crippen molar-refractivity contribution in [2.45, 2.75) is 18.9 Å². The number of aromatic nitrogens is 1. The number of halogens is 1. The molecule has 2 aromatic carbocycles. The molecule has 2 amide bonds. The van der Waals surface area contributed by atoms with Gasteiger partial charge in [0.05, 0.1) is 0 Å². The average Bonchev–Trinajstić information content (AvgIpc) is 3.25. The van der Waals surface area contributed by atoms with E-state index < -0.39 is 6.04 Å². The topological polar surface area (TPSA) is 62.1 Å². The number of nitrogens with zero attached hydrogens (tertiary/aromatic N) is 1. The summed E-state index contributed by atoms with van der Waals surface area (Å²) in [5.41, 5.74) is 3.00. The molecule has 1 aliphatic heterocycles. The number of carbonyl (C=O) groups excluding carboxylic acids is 2. The highest BCUT2D eigenvalue weighted by atomic mass is 127. The zero-order chi connectivity index (χ0) is 18.8. The molecular weight excluding hydrogens is 485 g/mol. The Morgan fingerprint density at radius 3 is 2.61 bits per heavy atom. The molecule has 1 saturated heterocycles. The number of anilines is 1. The van der Waals surface area contributed by atoms with Gasteiger partial charge in [0.15, 0.2) is 0 Å². The molecule has 7 heteroatoms. The lowest BCUT2D eigenvalue weighted by atomic mass is 10.1. The number of carbonyl (C=O) groups is 2. The van der Waals surface area contributed by atoms with Crippen molar-refractivity contribution in [2.24, 2.45) is 7.05 Å². The average molecular weight is 505 g/mol. The fourth-order valence-electron chi connectivity index (χ4n) is 3.15. The number of aryl methyl sites for hydroxylation is 1. The Labute approximate surface area is 184 Å². The summed E-state index contributed by atoms with van der Waals surface area (Å²) in [5, 5.41) is 6.70. The first-order valence-corrected chi connectivity index (χ1v) is 9.68. The SMILES string of the molecule is C[n+]1c(C=Cc2ccc(NC(=O)[C@@H]3CCC(=O)N3)cc2)sc2ccccc21.[I-]. The Bertz CT molecular complexity index is 1040. The predicted molar refractivity (Wildman–Crippen MR) is 108 cm³/mol. The van der Waals surface area contributed by atoms with Crippen LogP contribution in [0.2, 0.25) is 0 Å². The van der Waals surface area contributed by atoms with Gasteiger partial charge in [0.25, 0.3) is 5.01 Å². The third-order valence-electron chi connectivity index (χ3n) is 4.68. The second-order valence-electron chi connectivity index (χ2n) is 6.57. The molecule has 0 aliphatic carbocycles. The maximum Gasteiger partial charge on any atom is 0.262 e. The van der Waals surface area contributed by atoms with E-state index in [1.807, 2.05) is 30.3 Å². The van der Waals surface area contributed by atoms with Crippen LogP contribution in [0, 0.1) is 0 Å². The van der Waals surface area contributed by atoms with Crippen molar-refractivity contribution in [2.75, 3.05) is 5.32 Å². The maximum absolute atomic E-state index is 12.1. The van der Waals surface area contributed by atoms with E-state index in [1.165, 1.54) is 15.2 Å². The molecule has 0 spiro atoms. The lowest BCUT2D eigenvalue weighted by Gasteiger charge is -2.10. The van der Waals surface area contributed by atoms with E-state index in [0.717, 1.165) is 11.3 Å². The van der Waals surface area contributed by atoms with Crippen LogP contribution in [0.4, 0.5) is 5.69 Å². The molecule has 1 fully saturated rings. The van der Waals surface area contributed by atoms with Gasteiger partial charge < -0.3 is 34.6 Å². The summed E-state index contributed by atoms with van der Waals surface area (Å²) in [7, 11) is 2.07. The zero-order valence-corrected chi connectivity index (χ0v) is 18.3. The molecule has 144 valence electrons. The first-order chi connectivity index (χ1) is 13.1. The first kappa shape index (κ1) is 20.5. The smallest absolute Gasteiger partial charge is 0.262 e. The highest BCUT2D eigenvalue weighted by molar-refractivity contribution is 7.18. The highest BCUT2D eigenvalue weighted by Gasteiger charge is 2.27. The van der Waals surface area contributed by atoms with Gasteiger partial charge in [0.1, 0.15) is 17.8 Å². The number of hydrogen-bond acceptors (Lipinski definition) is 3. The van der Waals surface area contributed by atoms with E-state index in [1.54, 1.807) is 11.3 Å². The van der Waals surface area contributed by atoms with E-state index in [0.29, 0.717) is 12.8 Å². The standard InChI is InChI=1S/C21H19N3O2S.HI/c1-24-17-4-2-3-5-18(17)27-20(24)13-8-14-6-9-15(10-7-14)22-21(26)16-11-12-19(25)23-16;/h2-10,13,16H,11-12H2,1H3,(H,23,25);1H/t16-;/m0./s1. The van der Waals surface area contributed by atoms with Gasteiger partial charge in [0, 0.05) is 24.3 Å². The van der Waals surface area contributed by atoms with Gasteiger partial charge in [-0.2, -0.15) is 4.57 Å². The largest absolute Gasteiger partial charge is 1.00 e. The Kier molecular flexibility index (Phi) is 6.46. The lowest BCUT2D eigenvalue weighted by molar-refractivity contribution is -0.642. The van der Waals surface area contributed by atoms with Crippen LogP contribution in [0.25, 0.3) is 22.4 Å². The van der Waals surface area contributed by atoms with Crippen molar-refractivity contribution in [3.8, 4) is 0 Å². The molecule has 2 N–H and O–H groups in total. The van der Waals surface area contributed by atoms with Crippen molar-refractivity contribution in [3.63, 3.8) is 0 Å². The van der Waals surface area contributed by atoms with Crippen LogP contribution in [0.5, 0.6) is 0 Å². The van der Waals surface area contributed by atoms with E-state index in [9.17, 15) is 9.59 Å². The van der Waals surface area contributed by atoms with Gasteiger partial charge in [-0.1, -0.05) is 35.6 Å². The molecule has 1 aliphatic rings. The Morgan fingerprint density at radius 1 is 1.18 bits per heavy atom. The molecule has 3 aromatic rings. The number of benzene rings is 2. The summed E-state index contributed by atoms with van der Waals surface area (Å²) in [6.07, 6.45) is 5.13. The second-order valence-corrected chi connectivity index (χ2v) is 7.63. The molecule has 0 bridgehead atoms. The van der Waals surface area contributed by atoms with Crippen molar-refractivity contribution >= 4 is 51.2 Å². The summed E-state index contributed by atoms with van der Waals surface area (Å²) in [5.74, 6) is -0.230. The fourth-order valence-corrected chi connectivity index (χ4v) is 4.20. The molecule has 1 atom stereocenters. The Morgan fingerprint density at radius 2 is 1.93 bits per heavy atom. The third kappa shape index (κ3) is 4.41. The van der Waals surface area contributed by atoms with Crippen LogP contribution in [-0.2, 0) is 16.6 Å². The van der Waals surface area contributed by atoms with E-state index in [2.05, 4.69) is 52.6 Å². The maximum atomic E-state index is 12.1. The minimum absolute atomic E-state index is 0.